The number of carbonyl (C=O) groups excluding carboxylic acids is 1. The first-order valence-electron chi connectivity index (χ1n) is 5.69. The molecule has 0 aliphatic heterocycles. The number of carbonyl (C=O) groups is 2. The van der Waals surface area contributed by atoms with E-state index in [0.29, 0.717) is 0 Å². The molecule has 1 aromatic carbocycles. The molecular formula is C13H17NO3S. The van der Waals surface area contributed by atoms with Crippen LogP contribution in [0, 0.1) is 0 Å². The monoisotopic (exact) mass is 267 g/mol. The van der Waals surface area contributed by atoms with Crippen molar-refractivity contribution in [2.75, 3.05) is 16.4 Å². The van der Waals surface area contributed by atoms with E-state index < -0.39 is 5.97 Å². The van der Waals surface area contributed by atoms with Crippen LogP contribution in [0.1, 0.15) is 13.8 Å². The van der Waals surface area contributed by atoms with Gasteiger partial charge in [-0.05, 0) is 26.0 Å². The SMILES string of the molecule is CC(C)N(C(=O)CSCC(=O)O)c1ccccc1. The molecule has 0 atom stereocenters. The molecular weight excluding hydrogens is 250 g/mol. The predicted molar refractivity (Wildman–Crippen MR) is 74.0 cm³/mol. The van der Waals surface area contributed by atoms with Crippen molar-refractivity contribution >= 4 is 29.3 Å². The minimum absolute atomic E-state index is 0.0466. The van der Waals surface area contributed by atoms with Gasteiger partial charge in [-0.3, -0.25) is 9.59 Å². The largest absolute Gasteiger partial charge is 0.481 e. The highest BCUT2D eigenvalue weighted by atomic mass is 32.2. The summed E-state index contributed by atoms with van der Waals surface area (Å²) in [6.45, 7) is 3.87. The van der Waals surface area contributed by atoms with Crippen LogP contribution in [0.2, 0.25) is 0 Å². The number of carboxylic acids is 1. The van der Waals surface area contributed by atoms with Crippen LogP contribution in [0.15, 0.2) is 30.3 Å². The maximum Gasteiger partial charge on any atom is 0.313 e. The summed E-state index contributed by atoms with van der Waals surface area (Å²) < 4.78 is 0. The number of rotatable bonds is 6. The third kappa shape index (κ3) is 4.41. The average molecular weight is 267 g/mol. The third-order valence-electron chi connectivity index (χ3n) is 2.27. The van der Waals surface area contributed by atoms with E-state index in [4.69, 9.17) is 5.11 Å². The maximum absolute atomic E-state index is 12.1. The predicted octanol–water partition coefficient (Wildman–Crippen LogP) is 2.25. The van der Waals surface area contributed by atoms with Crippen molar-refractivity contribution in [2.45, 2.75) is 19.9 Å². The van der Waals surface area contributed by atoms with Crippen molar-refractivity contribution in [3.8, 4) is 0 Å². The van der Waals surface area contributed by atoms with Crippen LogP contribution in [0.3, 0.4) is 0 Å². The molecule has 0 bridgehead atoms. The Morgan fingerprint density at radius 1 is 1.22 bits per heavy atom. The molecule has 18 heavy (non-hydrogen) atoms. The van der Waals surface area contributed by atoms with Crippen molar-refractivity contribution in [1.82, 2.24) is 0 Å². The van der Waals surface area contributed by atoms with Crippen LogP contribution < -0.4 is 4.90 Å². The first kappa shape index (κ1) is 14.6. The lowest BCUT2D eigenvalue weighted by atomic mass is 10.2. The van der Waals surface area contributed by atoms with Gasteiger partial charge in [0, 0.05) is 11.7 Å². The molecule has 5 heteroatoms. The second-order valence-electron chi connectivity index (χ2n) is 4.08. The number of aliphatic carboxylic acids is 1. The lowest BCUT2D eigenvalue weighted by molar-refractivity contribution is -0.133. The Balaban J connectivity index is 2.68. The van der Waals surface area contributed by atoms with Gasteiger partial charge < -0.3 is 10.0 Å². The number of nitrogens with zero attached hydrogens (tertiary/aromatic N) is 1. The van der Waals surface area contributed by atoms with E-state index in [2.05, 4.69) is 0 Å². The van der Waals surface area contributed by atoms with Gasteiger partial charge in [0.2, 0.25) is 5.91 Å². The number of benzene rings is 1. The average Bonchev–Trinajstić information content (AvgIpc) is 2.29. The van der Waals surface area contributed by atoms with Gasteiger partial charge in [-0.15, -0.1) is 11.8 Å². The summed E-state index contributed by atoms with van der Waals surface area (Å²) in [4.78, 5) is 24.2. The minimum atomic E-state index is -0.899. The van der Waals surface area contributed by atoms with Gasteiger partial charge in [0.25, 0.3) is 0 Å². The molecule has 98 valence electrons. The molecule has 4 nitrogen and oxygen atoms in total. The van der Waals surface area contributed by atoms with E-state index in [1.807, 2.05) is 44.2 Å². The molecule has 0 unspecified atom stereocenters. The number of thioether (sulfide) groups is 1. The molecule has 0 radical (unpaired) electrons. The third-order valence-corrected chi connectivity index (χ3v) is 3.17. The van der Waals surface area contributed by atoms with Crippen LogP contribution in [0.4, 0.5) is 5.69 Å². The fourth-order valence-corrected chi connectivity index (χ4v) is 2.20. The molecule has 1 amide bonds. The molecule has 0 aliphatic rings. The van der Waals surface area contributed by atoms with Crippen molar-refractivity contribution < 1.29 is 14.7 Å². The second kappa shape index (κ2) is 7.06. The summed E-state index contributed by atoms with van der Waals surface area (Å²) in [6.07, 6.45) is 0. The Labute approximate surface area is 111 Å². The Morgan fingerprint density at radius 2 is 1.83 bits per heavy atom. The van der Waals surface area contributed by atoms with Gasteiger partial charge in [0.05, 0.1) is 11.5 Å². The molecule has 0 fully saturated rings. The second-order valence-corrected chi connectivity index (χ2v) is 5.07. The zero-order valence-electron chi connectivity index (χ0n) is 10.5. The van der Waals surface area contributed by atoms with Gasteiger partial charge >= 0.3 is 5.97 Å². The quantitative estimate of drug-likeness (QED) is 0.859. The summed E-state index contributed by atoms with van der Waals surface area (Å²) in [5, 5.41) is 8.55. The van der Waals surface area contributed by atoms with Gasteiger partial charge in [0.1, 0.15) is 0 Å². The number of para-hydroxylation sites is 1. The summed E-state index contributed by atoms with van der Waals surface area (Å²) >= 11 is 1.12. The zero-order valence-corrected chi connectivity index (χ0v) is 11.3. The topological polar surface area (TPSA) is 57.6 Å². The van der Waals surface area contributed by atoms with Crippen LogP contribution in [-0.4, -0.2) is 34.5 Å². The Morgan fingerprint density at radius 3 is 2.33 bits per heavy atom. The molecule has 0 spiro atoms. The smallest absolute Gasteiger partial charge is 0.313 e. The first-order valence-corrected chi connectivity index (χ1v) is 6.84. The first-order chi connectivity index (χ1) is 8.52. The molecule has 0 heterocycles. The normalized spacial score (nSPS) is 10.4. The molecule has 0 saturated heterocycles. The van der Waals surface area contributed by atoms with Gasteiger partial charge in [-0.2, -0.15) is 0 Å². The number of anilines is 1. The van der Waals surface area contributed by atoms with E-state index in [1.165, 1.54) is 0 Å². The molecule has 0 aromatic heterocycles. The summed E-state index contributed by atoms with van der Waals surface area (Å²) in [6, 6.07) is 9.45. The number of hydrogen-bond acceptors (Lipinski definition) is 3. The highest BCUT2D eigenvalue weighted by molar-refractivity contribution is 8.00. The summed E-state index contributed by atoms with van der Waals surface area (Å²) in [5.41, 5.74) is 0.841. The molecule has 1 rings (SSSR count). The Kier molecular flexibility index (Phi) is 5.71. The Hall–Kier alpha value is -1.49. The standard InChI is InChI=1S/C13H17NO3S/c1-10(2)14(11-6-4-3-5-7-11)12(15)8-18-9-13(16)17/h3-7,10H,8-9H2,1-2H3,(H,16,17). The molecule has 1 aromatic rings. The lowest BCUT2D eigenvalue weighted by Crippen LogP contribution is -2.38. The summed E-state index contributed by atoms with van der Waals surface area (Å²) in [7, 11) is 0. The van der Waals surface area contributed by atoms with Crippen molar-refractivity contribution in [3.05, 3.63) is 30.3 Å². The van der Waals surface area contributed by atoms with E-state index in [-0.39, 0.29) is 23.5 Å². The van der Waals surface area contributed by atoms with Gasteiger partial charge in [-0.25, -0.2) is 0 Å². The molecule has 1 N–H and O–H groups in total. The van der Waals surface area contributed by atoms with Gasteiger partial charge in [-0.1, -0.05) is 18.2 Å². The van der Waals surface area contributed by atoms with Crippen molar-refractivity contribution in [1.29, 1.82) is 0 Å². The fraction of sp³-hybridized carbons (Fsp3) is 0.385. The number of carboxylic acid groups (broad SMARTS) is 1. The highest BCUT2D eigenvalue weighted by Crippen LogP contribution is 2.18. The van der Waals surface area contributed by atoms with Gasteiger partial charge in [0.15, 0.2) is 0 Å². The number of hydrogen-bond donors (Lipinski definition) is 1. The van der Waals surface area contributed by atoms with Crippen molar-refractivity contribution in [2.24, 2.45) is 0 Å². The maximum atomic E-state index is 12.1. The Bertz CT molecular complexity index is 406. The van der Waals surface area contributed by atoms with Crippen LogP contribution in [-0.2, 0) is 9.59 Å². The zero-order chi connectivity index (χ0) is 13.5. The number of amides is 1. The van der Waals surface area contributed by atoms with Crippen LogP contribution in [0.5, 0.6) is 0 Å². The molecule has 0 aliphatic carbocycles. The fourth-order valence-electron chi connectivity index (χ4n) is 1.61. The lowest BCUT2D eigenvalue weighted by Gasteiger charge is -2.26. The van der Waals surface area contributed by atoms with E-state index in [0.717, 1.165) is 17.4 Å². The van der Waals surface area contributed by atoms with Crippen molar-refractivity contribution in [3.63, 3.8) is 0 Å². The van der Waals surface area contributed by atoms with Crippen LogP contribution >= 0.6 is 11.8 Å². The van der Waals surface area contributed by atoms with E-state index >= 15 is 0 Å². The minimum Gasteiger partial charge on any atom is -0.481 e. The van der Waals surface area contributed by atoms with E-state index in [1.54, 1.807) is 4.90 Å². The van der Waals surface area contributed by atoms with Crippen LogP contribution in [0.25, 0.3) is 0 Å². The summed E-state index contributed by atoms with van der Waals surface area (Å²) in [5.74, 6) is -0.836. The molecule has 0 saturated carbocycles. The highest BCUT2D eigenvalue weighted by Gasteiger charge is 2.18. The van der Waals surface area contributed by atoms with E-state index in [9.17, 15) is 9.59 Å².